The fourth-order valence-electron chi connectivity index (χ4n) is 1.69. The molecule has 0 atom stereocenters. The molecule has 0 aromatic carbocycles. The van der Waals surface area contributed by atoms with Crippen LogP contribution in [0.1, 0.15) is 32.1 Å². The second-order valence-corrected chi connectivity index (χ2v) is 2.89. The molecule has 0 aromatic heterocycles. The van der Waals surface area contributed by atoms with Crippen LogP contribution in [0.3, 0.4) is 0 Å². The first-order valence-electron chi connectivity index (χ1n) is 3.62. The van der Waals surface area contributed by atoms with E-state index in [-0.39, 0.29) is 0 Å². The summed E-state index contributed by atoms with van der Waals surface area (Å²) in [7, 11) is 0. The lowest BCUT2D eigenvalue weighted by Crippen LogP contribution is -2.20. The number of carbonyl (C=O) groups excluding carboxylic acids is 1. The molecule has 0 amide bonds. The molecule has 0 N–H and O–H groups in total. The van der Waals surface area contributed by atoms with Gasteiger partial charge in [-0.2, -0.15) is 0 Å². The minimum atomic E-state index is 0.421. The standard InChI is InChI=1S/C8H10O/c9-8-5-6-3-1-2-4-7(6)8/h1-5H2. The molecular weight excluding hydrogens is 112 g/mol. The van der Waals surface area contributed by atoms with Crippen molar-refractivity contribution in [1.82, 2.24) is 0 Å². The van der Waals surface area contributed by atoms with E-state index in [4.69, 9.17) is 0 Å². The zero-order valence-electron chi connectivity index (χ0n) is 5.44. The van der Waals surface area contributed by atoms with Crippen molar-refractivity contribution in [3.8, 4) is 0 Å². The smallest absolute Gasteiger partial charge is 0.162 e. The van der Waals surface area contributed by atoms with Gasteiger partial charge in [-0.25, -0.2) is 0 Å². The van der Waals surface area contributed by atoms with Gasteiger partial charge in [-0.15, -0.1) is 0 Å². The second-order valence-electron chi connectivity index (χ2n) is 2.89. The highest BCUT2D eigenvalue weighted by atomic mass is 16.1. The first-order valence-corrected chi connectivity index (χ1v) is 3.62. The Balaban J connectivity index is 2.26. The van der Waals surface area contributed by atoms with Gasteiger partial charge in [0.1, 0.15) is 0 Å². The van der Waals surface area contributed by atoms with Crippen LogP contribution in [0.25, 0.3) is 0 Å². The zero-order valence-corrected chi connectivity index (χ0v) is 5.44. The highest BCUT2D eigenvalue weighted by molar-refractivity contribution is 6.04. The summed E-state index contributed by atoms with van der Waals surface area (Å²) < 4.78 is 0. The van der Waals surface area contributed by atoms with Gasteiger partial charge in [0.2, 0.25) is 0 Å². The molecule has 1 nitrogen and oxygen atoms in total. The SMILES string of the molecule is O=C1CC2=C1CCCC2. The molecule has 1 heteroatoms. The molecule has 0 spiro atoms. The third kappa shape index (κ3) is 0.640. The molecule has 0 bridgehead atoms. The third-order valence-corrected chi connectivity index (χ3v) is 2.29. The van der Waals surface area contributed by atoms with Crippen molar-refractivity contribution in [1.29, 1.82) is 0 Å². The van der Waals surface area contributed by atoms with Gasteiger partial charge in [0, 0.05) is 6.42 Å². The van der Waals surface area contributed by atoms with Crippen molar-refractivity contribution < 1.29 is 4.79 Å². The summed E-state index contributed by atoms with van der Waals surface area (Å²) in [5.74, 6) is 0.421. The molecule has 2 aliphatic rings. The number of Topliss-reactive ketones (excluding diaryl/α,β-unsaturated/α-hetero) is 1. The van der Waals surface area contributed by atoms with Crippen LogP contribution >= 0.6 is 0 Å². The third-order valence-electron chi connectivity index (χ3n) is 2.29. The van der Waals surface area contributed by atoms with Gasteiger partial charge < -0.3 is 0 Å². The highest BCUT2D eigenvalue weighted by Crippen LogP contribution is 2.35. The van der Waals surface area contributed by atoms with Gasteiger partial charge in [-0.1, -0.05) is 5.57 Å². The Kier molecular flexibility index (Phi) is 0.981. The zero-order chi connectivity index (χ0) is 6.27. The van der Waals surface area contributed by atoms with Crippen molar-refractivity contribution in [2.75, 3.05) is 0 Å². The maximum atomic E-state index is 10.8. The average Bonchev–Trinajstić information content (AvgIpc) is 1.86. The number of carbonyl (C=O) groups is 1. The Bertz CT molecular complexity index is 189. The fraction of sp³-hybridized carbons (Fsp3) is 0.625. The maximum absolute atomic E-state index is 10.8. The van der Waals surface area contributed by atoms with Crippen molar-refractivity contribution in [3.05, 3.63) is 11.1 Å². The highest BCUT2D eigenvalue weighted by Gasteiger charge is 2.27. The Labute approximate surface area is 54.8 Å². The van der Waals surface area contributed by atoms with E-state index in [1.54, 1.807) is 0 Å². The van der Waals surface area contributed by atoms with E-state index in [0.717, 1.165) is 12.8 Å². The van der Waals surface area contributed by atoms with Gasteiger partial charge in [0.05, 0.1) is 0 Å². The monoisotopic (exact) mass is 122 g/mol. The van der Waals surface area contributed by atoms with E-state index >= 15 is 0 Å². The van der Waals surface area contributed by atoms with Crippen LogP contribution < -0.4 is 0 Å². The van der Waals surface area contributed by atoms with Crippen molar-refractivity contribution in [2.24, 2.45) is 0 Å². The molecule has 0 aliphatic heterocycles. The molecular formula is C8H10O. The van der Waals surface area contributed by atoms with Gasteiger partial charge >= 0.3 is 0 Å². The van der Waals surface area contributed by atoms with Crippen molar-refractivity contribution in [2.45, 2.75) is 32.1 Å². The normalized spacial score (nSPS) is 25.6. The molecule has 9 heavy (non-hydrogen) atoms. The molecule has 0 fully saturated rings. The van der Waals surface area contributed by atoms with Gasteiger partial charge in [-0.3, -0.25) is 4.79 Å². The fourth-order valence-corrected chi connectivity index (χ4v) is 1.69. The predicted octanol–water partition coefficient (Wildman–Crippen LogP) is 1.83. The molecule has 0 radical (unpaired) electrons. The molecule has 2 rings (SSSR count). The summed E-state index contributed by atoms with van der Waals surface area (Å²) >= 11 is 0. The number of hydrogen-bond acceptors (Lipinski definition) is 1. The first-order chi connectivity index (χ1) is 4.38. The summed E-state index contributed by atoms with van der Waals surface area (Å²) in [4.78, 5) is 10.8. The van der Waals surface area contributed by atoms with Crippen molar-refractivity contribution in [3.63, 3.8) is 0 Å². The largest absolute Gasteiger partial charge is 0.294 e. The van der Waals surface area contributed by atoms with Crippen LogP contribution in [-0.2, 0) is 4.79 Å². The van der Waals surface area contributed by atoms with E-state index in [1.807, 2.05) is 0 Å². The summed E-state index contributed by atoms with van der Waals surface area (Å²) in [6.45, 7) is 0. The van der Waals surface area contributed by atoms with Gasteiger partial charge in [-0.05, 0) is 31.3 Å². The van der Waals surface area contributed by atoms with Crippen LogP contribution in [0.2, 0.25) is 0 Å². The lowest BCUT2D eigenvalue weighted by atomic mass is 9.77. The molecule has 2 aliphatic carbocycles. The van der Waals surface area contributed by atoms with Crippen LogP contribution in [0.15, 0.2) is 11.1 Å². The predicted molar refractivity (Wildman–Crippen MR) is 35.1 cm³/mol. The molecule has 0 saturated carbocycles. The molecule has 0 aromatic rings. The Morgan fingerprint density at radius 3 is 2.44 bits per heavy atom. The van der Waals surface area contributed by atoms with E-state index < -0.39 is 0 Å². The Morgan fingerprint density at radius 1 is 1.11 bits per heavy atom. The van der Waals surface area contributed by atoms with E-state index in [0.29, 0.717) is 5.78 Å². The van der Waals surface area contributed by atoms with Crippen LogP contribution in [0.4, 0.5) is 0 Å². The quantitative estimate of drug-likeness (QED) is 0.479. The maximum Gasteiger partial charge on any atom is 0.162 e. The first kappa shape index (κ1) is 5.21. The van der Waals surface area contributed by atoms with E-state index in [1.165, 1.54) is 30.4 Å². The number of rotatable bonds is 0. The summed E-state index contributed by atoms with van der Waals surface area (Å²) in [6, 6.07) is 0. The van der Waals surface area contributed by atoms with Crippen LogP contribution in [0.5, 0.6) is 0 Å². The number of ketones is 1. The molecule has 0 unspecified atom stereocenters. The van der Waals surface area contributed by atoms with Crippen molar-refractivity contribution >= 4 is 5.78 Å². The van der Waals surface area contributed by atoms with Gasteiger partial charge in [0.25, 0.3) is 0 Å². The van der Waals surface area contributed by atoms with Crippen LogP contribution in [-0.4, -0.2) is 5.78 Å². The average molecular weight is 122 g/mol. The topological polar surface area (TPSA) is 17.1 Å². The number of hydrogen-bond donors (Lipinski definition) is 0. The number of allylic oxidation sites excluding steroid dienone is 2. The minimum absolute atomic E-state index is 0.421. The summed E-state index contributed by atoms with van der Waals surface area (Å²) in [5, 5.41) is 0. The summed E-state index contributed by atoms with van der Waals surface area (Å²) in [6.07, 6.45) is 5.63. The van der Waals surface area contributed by atoms with E-state index in [2.05, 4.69) is 0 Å². The summed E-state index contributed by atoms with van der Waals surface area (Å²) in [5.41, 5.74) is 2.65. The Hall–Kier alpha value is -0.590. The molecule has 0 saturated heterocycles. The molecule has 48 valence electrons. The van der Waals surface area contributed by atoms with Crippen LogP contribution in [0, 0.1) is 0 Å². The second kappa shape index (κ2) is 1.69. The molecule has 0 heterocycles. The minimum Gasteiger partial charge on any atom is -0.294 e. The lowest BCUT2D eigenvalue weighted by molar-refractivity contribution is -0.117. The lowest BCUT2D eigenvalue weighted by Gasteiger charge is -2.26. The van der Waals surface area contributed by atoms with E-state index in [9.17, 15) is 4.79 Å². The van der Waals surface area contributed by atoms with Gasteiger partial charge in [0.15, 0.2) is 5.78 Å². The Morgan fingerprint density at radius 2 is 1.89 bits per heavy atom.